The summed E-state index contributed by atoms with van der Waals surface area (Å²) >= 11 is 0. The molecule has 2 nitrogen and oxygen atoms in total. The van der Waals surface area contributed by atoms with Gasteiger partial charge in [-0.3, -0.25) is 4.79 Å². The number of carbonyl (C=O) groups excluding carboxylic acids is 1. The molecule has 0 spiro atoms. The predicted octanol–water partition coefficient (Wildman–Crippen LogP) is 4.57. The van der Waals surface area contributed by atoms with Crippen LogP contribution in [0.4, 0.5) is 0 Å². The van der Waals surface area contributed by atoms with Crippen LogP contribution >= 0.6 is 0 Å². The molecule has 0 aliphatic heterocycles. The summed E-state index contributed by atoms with van der Waals surface area (Å²) in [6.07, 6.45) is 7.37. The third-order valence-electron chi connectivity index (χ3n) is 5.58. The van der Waals surface area contributed by atoms with Crippen LogP contribution < -0.4 is 0 Å². The molecule has 1 fully saturated rings. The highest BCUT2D eigenvalue weighted by Crippen LogP contribution is 2.48. The first-order valence-electron chi connectivity index (χ1n) is 8.66. The van der Waals surface area contributed by atoms with Crippen LogP contribution in [0.2, 0.25) is 0 Å². The van der Waals surface area contributed by atoms with Gasteiger partial charge in [0, 0.05) is 18.7 Å². The third-order valence-corrected chi connectivity index (χ3v) is 5.58. The van der Waals surface area contributed by atoms with Crippen molar-refractivity contribution in [3.63, 3.8) is 0 Å². The Morgan fingerprint density at radius 3 is 2.52 bits per heavy atom. The fraction of sp³-hybridized carbons (Fsp3) is 0.737. The summed E-state index contributed by atoms with van der Waals surface area (Å²) in [6.45, 7) is 12.4. The molecule has 0 heterocycles. The van der Waals surface area contributed by atoms with Gasteiger partial charge < -0.3 is 4.90 Å². The summed E-state index contributed by atoms with van der Waals surface area (Å²) in [7, 11) is 0. The van der Waals surface area contributed by atoms with Gasteiger partial charge in [0.1, 0.15) is 0 Å². The van der Waals surface area contributed by atoms with E-state index in [4.69, 9.17) is 0 Å². The van der Waals surface area contributed by atoms with Crippen LogP contribution in [0.1, 0.15) is 60.3 Å². The van der Waals surface area contributed by atoms with Crippen molar-refractivity contribution in [2.45, 2.75) is 60.3 Å². The van der Waals surface area contributed by atoms with E-state index in [0.717, 1.165) is 30.5 Å². The SMILES string of the molecule is CCN(CC)C(=O)C(C)=C[C@@H]1CC[C@@H](C)[C@H]2CCC(C)=C12. The molecule has 2 aliphatic carbocycles. The Morgan fingerprint density at radius 1 is 1.24 bits per heavy atom. The van der Waals surface area contributed by atoms with Crippen molar-refractivity contribution < 1.29 is 4.79 Å². The topological polar surface area (TPSA) is 20.3 Å². The van der Waals surface area contributed by atoms with Crippen LogP contribution in [0.3, 0.4) is 0 Å². The van der Waals surface area contributed by atoms with Crippen molar-refractivity contribution in [3.05, 3.63) is 22.8 Å². The Bertz CT molecular complexity index is 456. The number of amides is 1. The normalized spacial score (nSPS) is 29.6. The highest BCUT2D eigenvalue weighted by molar-refractivity contribution is 5.92. The van der Waals surface area contributed by atoms with Crippen LogP contribution in [0.15, 0.2) is 22.8 Å². The van der Waals surface area contributed by atoms with Gasteiger partial charge in [-0.05, 0) is 71.1 Å². The molecule has 0 unspecified atom stereocenters. The average molecular weight is 289 g/mol. The largest absolute Gasteiger partial charge is 0.340 e. The van der Waals surface area contributed by atoms with E-state index in [1.54, 1.807) is 11.1 Å². The minimum Gasteiger partial charge on any atom is -0.340 e. The molecule has 0 aromatic heterocycles. The Kier molecular flexibility index (Phi) is 5.29. The van der Waals surface area contributed by atoms with E-state index in [1.807, 2.05) is 11.8 Å². The minimum absolute atomic E-state index is 0.214. The number of hydrogen-bond donors (Lipinski definition) is 0. The molecule has 1 amide bonds. The molecule has 0 aromatic rings. The Morgan fingerprint density at radius 2 is 1.90 bits per heavy atom. The smallest absolute Gasteiger partial charge is 0.249 e. The van der Waals surface area contributed by atoms with Gasteiger partial charge in [-0.1, -0.05) is 24.1 Å². The van der Waals surface area contributed by atoms with Gasteiger partial charge in [0.05, 0.1) is 0 Å². The van der Waals surface area contributed by atoms with Crippen molar-refractivity contribution in [2.24, 2.45) is 17.8 Å². The van der Waals surface area contributed by atoms with Crippen molar-refractivity contribution in [3.8, 4) is 0 Å². The van der Waals surface area contributed by atoms with Crippen LogP contribution in [-0.2, 0) is 4.79 Å². The van der Waals surface area contributed by atoms with Gasteiger partial charge >= 0.3 is 0 Å². The van der Waals surface area contributed by atoms with Crippen LogP contribution in [0.25, 0.3) is 0 Å². The summed E-state index contributed by atoms with van der Waals surface area (Å²) in [5.41, 5.74) is 4.19. The number of rotatable bonds is 4. The first-order valence-corrected chi connectivity index (χ1v) is 8.66. The highest BCUT2D eigenvalue weighted by Gasteiger charge is 2.36. The molecule has 2 heteroatoms. The number of likely N-dealkylation sites (N-methyl/N-ethyl adjacent to an activating group) is 1. The van der Waals surface area contributed by atoms with Gasteiger partial charge in [-0.25, -0.2) is 0 Å². The Balaban J connectivity index is 2.19. The Hall–Kier alpha value is -1.05. The molecule has 2 aliphatic rings. The van der Waals surface area contributed by atoms with Crippen molar-refractivity contribution >= 4 is 5.91 Å². The highest BCUT2D eigenvalue weighted by atomic mass is 16.2. The van der Waals surface area contributed by atoms with E-state index >= 15 is 0 Å². The second-order valence-corrected chi connectivity index (χ2v) is 6.87. The second-order valence-electron chi connectivity index (χ2n) is 6.87. The monoisotopic (exact) mass is 289 g/mol. The lowest BCUT2D eigenvalue weighted by Crippen LogP contribution is -2.31. The number of nitrogens with zero attached hydrogens (tertiary/aromatic N) is 1. The number of allylic oxidation sites excluding steroid dienone is 3. The van der Waals surface area contributed by atoms with E-state index in [0.29, 0.717) is 5.92 Å². The zero-order valence-electron chi connectivity index (χ0n) is 14.4. The maximum atomic E-state index is 12.5. The van der Waals surface area contributed by atoms with Gasteiger partial charge in [0.15, 0.2) is 0 Å². The molecule has 0 N–H and O–H groups in total. The molecule has 2 rings (SSSR count). The number of carbonyl (C=O) groups is 1. The summed E-state index contributed by atoms with van der Waals surface area (Å²) in [4.78, 5) is 14.4. The van der Waals surface area contributed by atoms with Crippen molar-refractivity contribution in [1.82, 2.24) is 4.90 Å². The second kappa shape index (κ2) is 6.81. The molecular weight excluding hydrogens is 258 g/mol. The molecule has 0 bridgehead atoms. The zero-order valence-corrected chi connectivity index (χ0v) is 14.4. The van der Waals surface area contributed by atoms with Crippen molar-refractivity contribution in [1.29, 1.82) is 0 Å². The van der Waals surface area contributed by atoms with Gasteiger partial charge in [-0.15, -0.1) is 0 Å². The molecule has 21 heavy (non-hydrogen) atoms. The van der Waals surface area contributed by atoms with Gasteiger partial charge in [0.25, 0.3) is 0 Å². The van der Waals surface area contributed by atoms with E-state index in [-0.39, 0.29) is 5.91 Å². The maximum Gasteiger partial charge on any atom is 0.249 e. The quantitative estimate of drug-likeness (QED) is 0.548. The first kappa shape index (κ1) is 16.3. The number of hydrogen-bond acceptors (Lipinski definition) is 1. The summed E-state index contributed by atoms with van der Waals surface area (Å²) in [5, 5.41) is 0. The lowest BCUT2D eigenvalue weighted by molar-refractivity contribution is -0.126. The standard InChI is InChI=1S/C19H31NO/c1-6-20(7-2)19(21)15(5)12-16-10-8-13(3)17-11-9-14(4)18(16)17/h12-13,16-17H,6-11H2,1-5H3/t13-,16+,17-/m1/s1. The van der Waals surface area contributed by atoms with Gasteiger partial charge in [0.2, 0.25) is 5.91 Å². The van der Waals surface area contributed by atoms with E-state index in [1.165, 1.54) is 25.7 Å². The summed E-state index contributed by atoms with van der Waals surface area (Å²) in [6, 6.07) is 0. The molecule has 0 aromatic carbocycles. The van der Waals surface area contributed by atoms with E-state index in [2.05, 4.69) is 33.8 Å². The molecule has 1 saturated carbocycles. The fourth-order valence-electron chi connectivity index (χ4n) is 4.28. The first-order chi connectivity index (χ1) is 9.99. The van der Waals surface area contributed by atoms with Crippen molar-refractivity contribution in [2.75, 3.05) is 13.1 Å². The van der Waals surface area contributed by atoms with Crippen LogP contribution in [0.5, 0.6) is 0 Å². The lowest BCUT2D eigenvalue weighted by atomic mass is 9.71. The molecular formula is C19H31NO. The third kappa shape index (κ3) is 3.25. The van der Waals surface area contributed by atoms with Crippen LogP contribution in [0, 0.1) is 17.8 Å². The van der Waals surface area contributed by atoms with E-state index in [9.17, 15) is 4.79 Å². The molecule has 0 saturated heterocycles. The molecule has 3 atom stereocenters. The lowest BCUT2D eigenvalue weighted by Gasteiger charge is -2.34. The minimum atomic E-state index is 0.214. The summed E-state index contributed by atoms with van der Waals surface area (Å²) in [5.74, 6) is 2.32. The predicted molar refractivity (Wildman–Crippen MR) is 89.0 cm³/mol. The Labute approximate surface area is 130 Å². The maximum absolute atomic E-state index is 12.5. The molecule has 118 valence electrons. The van der Waals surface area contributed by atoms with Gasteiger partial charge in [-0.2, -0.15) is 0 Å². The van der Waals surface area contributed by atoms with E-state index < -0.39 is 0 Å². The average Bonchev–Trinajstić information content (AvgIpc) is 2.86. The van der Waals surface area contributed by atoms with Crippen LogP contribution in [-0.4, -0.2) is 23.9 Å². The molecule has 0 radical (unpaired) electrons. The zero-order chi connectivity index (χ0) is 15.6. The fourth-order valence-corrected chi connectivity index (χ4v) is 4.28. The summed E-state index contributed by atoms with van der Waals surface area (Å²) < 4.78 is 0. The number of fused-ring (bicyclic) bond motifs is 1.